The molecule has 0 saturated carbocycles. The number of nitrogens with zero attached hydrogens (tertiary/aromatic N) is 5. The summed E-state index contributed by atoms with van der Waals surface area (Å²) in [5.74, 6) is -2.83. The molecule has 250 valence electrons. The minimum Gasteiger partial charge on any atom is -0.340 e. The fourth-order valence-corrected chi connectivity index (χ4v) is 6.32. The van der Waals surface area contributed by atoms with Crippen molar-refractivity contribution in [1.29, 1.82) is 0 Å². The smallest absolute Gasteiger partial charge is 0.270 e. The molecule has 0 fully saturated rings. The predicted molar refractivity (Wildman–Crippen MR) is 175 cm³/mol. The van der Waals surface area contributed by atoms with Crippen molar-refractivity contribution in [3.63, 3.8) is 0 Å². The second-order valence-corrected chi connectivity index (χ2v) is 11.5. The van der Waals surface area contributed by atoms with Crippen LogP contribution in [0.2, 0.25) is 0 Å². The Balaban J connectivity index is 1.05. The highest BCUT2D eigenvalue weighted by atomic mass is 16.6. The lowest BCUT2D eigenvalue weighted by Crippen LogP contribution is -2.47. The first-order valence-electron chi connectivity index (χ1n) is 15.3. The molecule has 4 aromatic carbocycles. The van der Waals surface area contributed by atoms with Crippen LogP contribution in [0.25, 0.3) is 21.5 Å². The van der Waals surface area contributed by atoms with Crippen LogP contribution in [-0.2, 0) is 4.79 Å². The molecule has 2 heterocycles. The third kappa shape index (κ3) is 5.94. The number of nitro groups is 2. The first kappa shape index (κ1) is 32.8. The molecular formula is C33H29N7O9. The number of hydrogen-bond donors (Lipinski definition) is 2. The van der Waals surface area contributed by atoms with Crippen LogP contribution in [0.4, 0.5) is 11.4 Å². The van der Waals surface area contributed by atoms with Crippen LogP contribution >= 0.6 is 0 Å². The Bertz CT molecular complexity index is 2120. The number of imide groups is 2. The molecule has 6 rings (SSSR count). The summed E-state index contributed by atoms with van der Waals surface area (Å²) in [6.07, 6.45) is 0.415. The molecule has 0 radical (unpaired) electrons. The zero-order chi connectivity index (χ0) is 35.0. The van der Waals surface area contributed by atoms with Crippen molar-refractivity contribution in [1.82, 2.24) is 20.0 Å². The van der Waals surface area contributed by atoms with E-state index in [-0.39, 0.29) is 72.9 Å². The predicted octanol–water partition coefficient (Wildman–Crippen LogP) is 2.47. The number of nitro benzene ring substituents is 2. The van der Waals surface area contributed by atoms with E-state index in [4.69, 9.17) is 5.73 Å². The van der Waals surface area contributed by atoms with Crippen LogP contribution in [0.1, 0.15) is 47.9 Å². The van der Waals surface area contributed by atoms with Crippen LogP contribution in [-0.4, -0.2) is 99.9 Å². The number of rotatable bonds is 13. The summed E-state index contributed by atoms with van der Waals surface area (Å²) >= 11 is 0. The van der Waals surface area contributed by atoms with Crippen LogP contribution in [0.3, 0.4) is 0 Å². The molecule has 49 heavy (non-hydrogen) atoms. The fourth-order valence-electron chi connectivity index (χ4n) is 6.32. The van der Waals surface area contributed by atoms with Crippen molar-refractivity contribution in [3.05, 3.63) is 103 Å². The van der Waals surface area contributed by atoms with Gasteiger partial charge in [-0.1, -0.05) is 24.3 Å². The average Bonchev–Trinajstić information content (AvgIpc) is 3.09. The monoisotopic (exact) mass is 667 g/mol. The van der Waals surface area contributed by atoms with E-state index >= 15 is 0 Å². The Hall–Kier alpha value is -6.13. The summed E-state index contributed by atoms with van der Waals surface area (Å²) in [6, 6.07) is 14.5. The van der Waals surface area contributed by atoms with Gasteiger partial charge in [0.05, 0.1) is 27.5 Å². The SMILES string of the molecule is NCC(=O)N(CCCNCCN1C(=O)c2cccc3cc([N+](=O)[O-])cc(c23)C1=O)CCN1C(=O)c2cccc3cc([N+](=O)[O-])cc(c23)C1=O. The molecule has 0 spiro atoms. The normalized spacial score (nSPS) is 13.8. The van der Waals surface area contributed by atoms with Crippen LogP contribution in [0, 0.1) is 20.2 Å². The number of amides is 5. The lowest BCUT2D eigenvalue weighted by atomic mass is 9.93. The summed E-state index contributed by atoms with van der Waals surface area (Å²) < 4.78 is 0. The van der Waals surface area contributed by atoms with Gasteiger partial charge in [0.1, 0.15) is 0 Å². The van der Waals surface area contributed by atoms with Crippen molar-refractivity contribution in [2.75, 3.05) is 45.8 Å². The Kier molecular flexibility index (Phi) is 8.82. The number of hydrogen-bond acceptors (Lipinski definition) is 11. The van der Waals surface area contributed by atoms with E-state index < -0.39 is 39.4 Å². The van der Waals surface area contributed by atoms with Gasteiger partial charge in [0.2, 0.25) is 5.91 Å². The van der Waals surface area contributed by atoms with Crippen LogP contribution < -0.4 is 11.1 Å². The molecule has 4 aromatic rings. The second kappa shape index (κ2) is 13.2. The van der Waals surface area contributed by atoms with Gasteiger partial charge in [-0.3, -0.25) is 54.0 Å². The number of non-ortho nitro benzene ring substituents is 2. The minimum atomic E-state index is -0.700. The molecule has 5 amide bonds. The molecular weight excluding hydrogens is 638 g/mol. The van der Waals surface area contributed by atoms with Crippen molar-refractivity contribution >= 4 is 62.5 Å². The first-order chi connectivity index (χ1) is 23.5. The third-order valence-electron chi connectivity index (χ3n) is 8.66. The summed E-state index contributed by atoms with van der Waals surface area (Å²) in [4.78, 5) is 90.9. The summed E-state index contributed by atoms with van der Waals surface area (Å²) in [5.41, 5.74) is 5.71. The molecule has 2 aliphatic rings. The fraction of sp³-hybridized carbons (Fsp3) is 0.242. The van der Waals surface area contributed by atoms with Crippen molar-refractivity contribution in [2.24, 2.45) is 5.73 Å². The van der Waals surface area contributed by atoms with Crippen molar-refractivity contribution in [2.45, 2.75) is 6.42 Å². The standard InChI is InChI=1S/C33H29N7O9/c34-18-27(41)36(12-13-38-31(43)24-7-2-5-20-15-22(40(48)49)17-26(29(20)24)33(38)45)10-3-8-35-9-11-37-30(42)23-6-1-4-19-14-21(39(46)47)16-25(28(19)23)32(37)44/h1-2,4-7,14-17,35H,3,8-13,18,34H2. The molecule has 2 aliphatic heterocycles. The maximum Gasteiger partial charge on any atom is 0.270 e. The van der Waals surface area contributed by atoms with Gasteiger partial charge in [0.25, 0.3) is 35.0 Å². The number of nitrogens with one attached hydrogen (secondary N) is 1. The van der Waals surface area contributed by atoms with Gasteiger partial charge in [-0.2, -0.15) is 0 Å². The van der Waals surface area contributed by atoms with E-state index in [1.807, 2.05) is 0 Å². The van der Waals surface area contributed by atoms with E-state index in [0.717, 1.165) is 15.9 Å². The Morgan fingerprint density at radius 3 is 1.67 bits per heavy atom. The molecule has 0 aromatic heterocycles. The first-order valence-corrected chi connectivity index (χ1v) is 15.3. The van der Waals surface area contributed by atoms with Gasteiger partial charge in [-0.15, -0.1) is 0 Å². The van der Waals surface area contributed by atoms with Crippen molar-refractivity contribution < 1.29 is 33.8 Å². The topological polar surface area (TPSA) is 219 Å². The molecule has 16 nitrogen and oxygen atoms in total. The number of carbonyl (C=O) groups excluding carboxylic acids is 5. The van der Waals surface area contributed by atoms with E-state index in [9.17, 15) is 44.2 Å². The van der Waals surface area contributed by atoms with E-state index in [0.29, 0.717) is 34.5 Å². The lowest BCUT2D eigenvalue weighted by molar-refractivity contribution is -0.384. The van der Waals surface area contributed by atoms with E-state index in [2.05, 4.69) is 5.32 Å². The molecule has 16 heteroatoms. The molecule has 0 unspecified atom stereocenters. The zero-order valence-corrected chi connectivity index (χ0v) is 25.9. The van der Waals surface area contributed by atoms with E-state index in [1.54, 1.807) is 36.4 Å². The highest BCUT2D eigenvalue weighted by Gasteiger charge is 2.36. The number of carbonyl (C=O) groups is 5. The highest BCUT2D eigenvalue weighted by Crippen LogP contribution is 2.34. The maximum atomic E-state index is 13.4. The molecule has 0 atom stereocenters. The van der Waals surface area contributed by atoms with Gasteiger partial charge in [-0.25, -0.2) is 0 Å². The Morgan fingerprint density at radius 2 is 1.18 bits per heavy atom. The van der Waals surface area contributed by atoms with Crippen LogP contribution in [0.15, 0.2) is 60.7 Å². The molecule has 3 N–H and O–H groups in total. The quantitative estimate of drug-likeness (QED) is 0.0913. The summed E-state index contributed by atoms with van der Waals surface area (Å²) in [7, 11) is 0. The van der Waals surface area contributed by atoms with Crippen LogP contribution in [0.5, 0.6) is 0 Å². The average molecular weight is 668 g/mol. The number of nitrogens with two attached hydrogens (primary N) is 1. The molecule has 0 bridgehead atoms. The highest BCUT2D eigenvalue weighted by molar-refractivity contribution is 6.26. The molecule has 0 aliphatic carbocycles. The van der Waals surface area contributed by atoms with Gasteiger partial charge >= 0.3 is 0 Å². The summed E-state index contributed by atoms with van der Waals surface area (Å²) in [5, 5.41) is 27.6. The van der Waals surface area contributed by atoms with Gasteiger partial charge in [-0.05, 0) is 35.9 Å². The lowest BCUT2D eigenvalue weighted by Gasteiger charge is -2.30. The van der Waals surface area contributed by atoms with Gasteiger partial charge < -0.3 is 16.0 Å². The van der Waals surface area contributed by atoms with E-state index in [1.165, 1.54) is 23.1 Å². The Morgan fingerprint density at radius 1 is 0.694 bits per heavy atom. The van der Waals surface area contributed by atoms with Crippen molar-refractivity contribution in [3.8, 4) is 0 Å². The third-order valence-corrected chi connectivity index (χ3v) is 8.66. The van der Waals surface area contributed by atoms with Gasteiger partial charge in [0.15, 0.2) is 0 Å². The Labute approximate surface area is 277 Å². The maximum absolute atomic E-state index is 13.4. The largest absolute Gasteiger partial charge is 0.340 e. The summed E-state index contributed by atoms with van der Waals surface area (Å²) in [6.45, 7) is 0.266. The molecule has 0 saturated heterocycles. The number of benzene rings is 4. The second-order valence-electron chi connectivity index (χ2n) is 11.5. The zero-order valence-electron chi connectivity index (χ0n) is 25.9. The minimum absolute atomic E-state index is 0.00674. The van der Waals surface area contributed by atoms with Gasteiger partial charge in [0, 0.05) is 78.9 Å².